The maximum absolute atomic E-state index is 13.2. The highest BCUT2D eigenvalue weighted by Crippen LogP contribution is 2.22. The molecule has 1 aliphatic rings. The molecule has 1 fully saturated rings. The number of aromatic nitrogens is 1. The minimum atomic E-state index is -0.471. The standard InChI is InChI=1S/C19H23FN4O2/c1-22(2)17(14-5-7-15(20)8-6-14)19(26)24-12-10-23(11-13-24)18(25)16-4-3-9-21-16/h3-9,17,21H,10-13H2,1-2H3/t17-/m0/s1. The van der Waals surface area contributed by atoms with Crippen molar-refractivity contribution in [3.05, 3.63) is 59.7 Å². The molecule has 26 heavy (non-hydrogen) atoms. The van der Waals surface area contributed by atoms with Crippen LogP contribution in [0.2, 0.25) is 0 Å². The Morgan fingerprint density at radius 2 is 1.65 bits per heavy atom. The third-order valence-corrected chi connectivity index (χ3v) is 4.64. The average Bonchev–Trinajstić information content (AvgIpc) is 3.17. The van der Waals surface area contributed by atoms with Gasteiger partial charge < -0.3 is 14.8 Å². The fraction of sp³-hybridized carbons (Fsp3) is 0.368. The Hall–Kier alpha value is -2.67. The summed E-state index contributed by atoms with van der Waals surface area (Å²) in [6.45, 7) is 1.95. The number of H-pyrrole nitrogens is 1. The first kappa shape index (κ1) is 18.1. The smallest absolute Gasteiger partial charge is 0.270 e. The number of nitrogens with zero attached hydrogens (tertiary/aromatic N) is 3. The van der Waals surface area contributed by atoms with Crippen molar-refractivity contribution in [1.82, 2.24) is 19.7 Å². The number of hydrogen-bond acceptors (Lipinski definition) is 3. The number of hydrogen-bond donors (Lipinski definition) is 1. The highest BCUT2D eigenvalue weighted by atomic mass is 19.1. The van der Waals surface area contributed by atoms with Gasteiger partial charge in [-0.3, -0.25) is 14.5 Å². The zero-order chi connectivity index (χ0) is 18.7. The van der Waals surface area contributed by atoms with E-state index in [1.165, 1.54) is 12.1 Å². The van der Waals surface area contributed by atoms with Crippen LogP contribution < -0.4 is 0 Å². The number of piperazine rings is 1. The van der Waals surface area contributed by atoms with Crippen LogP contribution in [-0.2, 0) is 4.79 Å². The molecule has 1 aromatic carbocycles. The number of benzene rings is 1. The van der Waals surface area contributed by atoms with Crippen LogP contribution in [0.1, 0.15) is 22.1 Å². The second kappa shape index (κ2) is 7.70. The van der Waals surface area contributed by atoms with E-state index in [0.29, 0.717) is 31.9 Å². The fourth-order valence-electron chi connectivity index (χ4n) is 3.24. The molecule has 1 saturated heterocycles. The molecule has 0 radical (unpaired) electrons. The van der Waals surface area contributed by atoms with Crippen LogP contribution in [0, 0.1) is 5.82 Å². The van der Waals surface area contributed by atoms with Gasteiger partial charge in [0.05, 0.1) is 0 Å². The highest BCUT2D eigenvalue weighted by molar-refractivity contribution is 5.92. The number of amides is 2. The van der Waals surface area contributed by atoms with Crippen LogP contribution in [-0.4, -0.2) is 71.8 Å². The second-order valence-electron chi connectivity index (χ2n) is 6.62. The van der Waals surface area contributed by atoms with E-state index in [-0.39, 0.29) is 17.6 Å². The molecule has 2 aromatic rings. The lowest BCUT2D eigenvalue weighted by atomic mass is 10.0. The summed E-state index contributed by atoms with van der Waals surface area (Å²) in [6, 6.07) is 9.08. The molecule has 2 heterocycles. The summed E-state index contributed by atoms with van der Waals surface area (Å²) in [4.78, 5) is 33.7. The highest BCUT2D eigenvalue weighted by Gasteiger charge is 2.31. The van der Waals surface area contributed by atoms with Gasteiger partial charge in [0.2, 0.25) is 5.91 Å². The average molecular weight is 358 g/mol. The van der Waals surface area contributed by atoms with Gasteiger partial charge in [-0.2, -0.15) is 0 Å². The number of carbonyl (C=O) groups is 2. The molecule has 0 saturated carbocycles. The van der Waals surface area contributed by atoms with Gasteiger partial charge in [-0.15, -0.1) is 0 Å². The van der Waals surface area contributed by atoms with Crippen molar-refractivity contribution >= 4 is 11.8 Å². The van der Waals surface area contributed by atoms with Crippen LogP contribution in [0.15, 0.2) is 42.6 Å². The molecule has 0 spiro atoms. The van der Waals surface area contributed by atoms with E-state index in [2.05, 4.69) is 4.98 Å². The molecule has 0 bridgehead atoms. The van der Waals surface area contributed by atoms with E-state index in [0.717, 1.165) is 5.56 Å². The van der Waals surface area contributed by atoms with Crippen molar-refractivity contribution in [3.8, 4) is 0 Å². The van der Waals surface area contributed by atoms with E-state index < -0.39 is 6.04 Å². The summed E-state index contributed by atoms with van der Waals surface area (Å²) in [5.74, 6) is -0.409. The Morgan fingerprint density at radius 3 is 2.19 bits per heavy atom. The Labute approximate surface area is 152 Å². The molecule has 1 atom stereocenters. The van der Waals surface area contributed by atoms with Gasteiger partial charge in [-0.1, -0.05) is 12.1 Å². The fourth-order valence-corrected chi connectivity index (χ4v) is 3.24. The molecule has 3 rings (SSSR count). The van der Waals surface area contributed by atoms with Gasteiger partial charge >= 0.3 is 0 Å². The molecule has 1 aliphatic heterocycles. The lowest BCUT2D eigenvalue weighted by molar-refractivity contribution is -0.137. The first-order valence-corrected chi connectivity index (χ1v) is 8.60. The van der Waals surface area contributed by atoms with Gasteiger partial charge in [0.1, 0.15) is 17.6 Å². The summed E-state index contributed by atoms with van der Waals surface area (Å²) < 4.78 is 13.2. The van der Waals surface area contributed by atoms with Crippen LogP contribution in [0.25, 0.3) is 0 Å². The maximum atomic E-state index is 13.2. The monoisotopic (exact) mass is 358 g/mol. The predicted molar refractivity (Wildman–Crippen MR) is 96.1 cm³/mol. The van der Waals surface area contributed by atoms with E-state index in [1.807, 2.05) is 19.0 Å². The lowest BCUT2D eigenvalue weighted by Crippen LogP contribution is -2.52. The predicted octanol–water partition coefficient (Wildman–Crippen LogP) is 1.74. The first-order chi connectivity index (χ1) is 12.5. The minimum absolute atomic E-state index is 0.0337. The van der Waals surface area contributed by atoms with Gasteiger partial charge in [0, 0.05) is 32.4 Å². The van der Waals surface area contributed by atoms with Gasteiger partial charge in [-0.25, -0.2) is 4.39 Å². The quantitative estimate of drug-likeness (QED) is 0.906. The number of aromatic amines is 1. The van der Waals surface area contributed by atoms with Crippen molar-refractivity contribution in [2.75, 3.05) is 40.3 Å². The van der Waals surface area contributed by atoms with Crippen LogP contribution in [0.3, 0.4) is 0 Å². The van der Waals surface area contributed by atoms with E-state index in [9.17, 15) is 14.0 Å². The Kier molecular flexibility index (Phi) is 5.37. The van der Waals surface area contributed by atoms with Gasteiger partial charge in [0.15, 0.2) is 0 Å². The number of carbonyl (C=O) groups excluding carboxylic acids is 2. The summed E-state index contributed by atoms with van der Waals surface area (Å²) in [7, 11) is 3.66. The first-order valence-electron chi connectivity index (χ1n) is 8.60. The minimum Gasteiger partial charge on any atom is -0.357 e. The third kappa shape index (κ3) is 3.77. The number of halogens is 1. The van der Waals surface area contributed by atoms with Crippen molar-refractivity contribution in [2.24, 2.45) is 0 Å². The molecule has 0 unspecified atom stereocenters. The summed E-state index contributed by atoms with van der Waals surface area (Å²) in [5, 5.41) is 0. The lowest BCUT2D eigenvalue weighted by Gasteiger charge is -2.37. The second-order valence-corrected chi connectivity index (χ2v) is 6.62. The topological polar surface area (TPSA) is 59.7 Å². The molecular weight excluding hydrogens is 335 g/mol. The van der Waals surface area contributed by atoms with E-state index >= 15 is 0 Å². The van der Waals surface area contributed by atoms with E-state index in [1.54, 1.807) is 40.3 Å². The Balaban J connectivity index is 1.66. The summed E-state index contributed by atoms with van der Waals surface area (Å²) >= 11 is 0. The molecule has 6 nitrogen and oxygen atoms in total. The SMILES string of the molecule is CN(C)[C@H](C(=O)N1CCN(C(=O)c2ccc[nH]2)CC1)c1ccc(F)cc1. The van der Waals surface area contributed by atoms with Crippen LogP contribution >= 0.6 is 0 Å². The van der Waals surface area contributed by atoms with Crippen molar-refractivity contribution in [1.29, 1.82) is 0 Å². The number of likely N-dealkylation sites (N-methyl/N-ethyl adjacent to an activating group) is 1. The Bertz CT molecular complexity index is 750. The molecule has 138 valence electrons. The zero-order valence-electron chi connectivity index (χ0n) is 15.0. The van der Waals surface area contributed by atoms with Crippen LogP contribution in [0.4, 0.5) is 4.39 Å². The zero-order valence-corrected chi connectivity index (χ0v) is 15.0. The molecule has 1 aromatic heterocycles. The largest absolute Gasteiger partial charge is 0.357 e. The maximum Gasteiger partial charge on any atom is 0.270 e. The molecule has 1 N–H and O–H groups in total. The van der Waals surface area contributed by atoms with Crippen molar-refractivity contribution in [3.63, 3.8) is 0 Å². The molecular formula is C19H23FN4O2. The van der Waals surface area contributed by atoms with Gasteiger partial charge in [0.25, 0.3) is 5.91 Å². The molecule has 0 aliphatic carbocycles. The van der Waals surface area contributed by atoms with Crippen molar-refractivity contribution < 1.29 is 14.0 Å². The number of nitrogens with one attached hydrogen (secondary N) is 1. The van der Waals surface area contributed by atoms with Crippen LogP contribution in [0.5, 0.6) is 0 Å². The third-order valence-electron chi connectivity index (χ3n) is 4.64. The summed E-state index contributed by atoms with van der Waals surface area (Å²) in [6.07, 6.45) is 1.72. The number of rotatable bonds is 4. The normalized spacial score (nSPS) is 16.0. The Morgan fingerprint density at radius 1 is 1.04 bits per heavy atom. The summed E-state index contributed by atoms with van der Waals surface area (Å²) in [5.41, 5.74) is 1.31. The molecule has 7 heteroatoms. The van der Waals surface area contributed by atoms with Crippen molar-refractivity contribution in [2.45, 2.75) is 6.04 Å². The molecule has 2 amide bonds. The van der Waals surface area contributed by atoms with E-state index in [4.69, 9.17) is 0 Å². The van der Waals surface area contributed by atoms with Gasteiger partial charge in [-0.05, 0) is 43.9 Å².